The Balaban J connectivity index is 2.13. The molecule has 0 nitrogen and oxygen atoms in total. The van der Waals surface area contributed by atoms with Crippen molar-refractivity contribution in [1.82, 2.24) is 0 Å². The van der Waals surface area contributed by atoms with E-state index >= 15 is 0 Å². The van der Waals surface area contributed by atoms with E-state index in [-0.39, 0.29) is 0 Å². The molecule has 0 aromatic heterocycles. The van der Waals surface area contributed by atoms with Crippen molar-refractivity contribution in [2.24, 2.45) is 5.92 Å². The van der Waals surface area contributed by atoms with Crippen LogP contribution in [0.2, 0.25) is 0 Å². The van der Waals surface area contributed by atoms with E-state index in [4.69, 9.17) is 0 Å². The van der Waals surface area contributed by atoms with Gasteiger partial charge in [-0.15, -0.1) is 0 Å². The maximum Gasteiger partial charge on any atom is 0.00544 e. The molecule has 14 heavy (non-hydrogen) atoms. The number of rotatable bonds is 5. The van der Waals surface area contributed by atoms with Crippen LogP contribution in [0, 0.1) is 5.92 Å². The Kier molecular flexibility index (Phi) is 5.69. The van der Waals surface area contributed by atoms with E-state index in [9.17, 15) is 0 Å². The molecule has 0 aliphatic heterocycles. The fraction of sp³-hybridized carbons (Fsp3) is 0.846. The summed E-state index contributed by atoms with van der Waals surface area (Å²) in [4.78, 5) is 0. The van der Waals surface area contributed by atoms with Crippen molar-refractivity contribution < 1.29 is 0 Å². The van der Waals surface area contributed by atoms with Gasteiger partial charge in [-0.05, 0) is 38.0 Å². The zero-order valence-electron chi connectivity index (χ0n) is 9.63. The molecule has 0 radical (unpaired) electrons. The van der Waals surface area contributed by atoms with Crippen molar-refractivity contribution in [3.63, 3.8) is 0 Å². The fourth-order valence-corrected chi connectivity index (χ4v) is 2.22. The first kappa shape index (κ1) is 12.2. The molecule has 1 aliphatic rings. The highest BCUT2D eigenvalue weighted by Gasteiger charge is 2.10. The topological polar surface area (TPSA) is 0 Å². The molecule has 0 fully saturated rings. The molecule has 0 aromatic rings. The lowest BCUT2D eigenvalue weighted by atomic mass is 9.93. The SMILES string of the molecule is CCC(C)CCCC1=CCC(S)CC1. The predicted molar refractivity (Wildman–Crippen MR) is 68.0 cm³/mol. The lowest BCUT2D eigenvalue weighted by Gasteiger charge is -2.18. The summed E-state index contributed by atoms with van der Waals surface area (Å²) in [5.41, 5.74) is 1.69. The molecule has 0 bridgehead atoms. The van der Waals surface area contributed by atoms with E-state index < -0.39 is 0 Å². The van der Waals surface area contributed by atoms with Crippen molar-refractivity contribution in [3.05, 3.63) is 11.6 Å². The van der Waals surface area contributed by atoms with Gasteiger partial charge in [0.2, 0.25) is 0 Å². The van der Waals surface area contributed by atoms with Crippen LogP contribution in [0.3, 0.4) is 0 Å². The molecule has 0 aromatic carbocycles. The average molecular weight is 212 g/mol. The van der Waals surface area contributed by atoms with Gasteiger partial charge in [-0.2, -0.15) is 12.6 Å². The molecule has 0 amide bonds. The molecular formula is C13H24S. The van der Waals surface area contributed by atoms with Crippen LogP contribution in [0.1, 0.15) is 58.8 Å². The average Bonchev–Trinajstić information content (AvgIpc) is 2.21. The second-order valence-electron chi connectivity index (χ2n) is 4.70. The van der Waals surface area contributed by atoms with Crippen LogP contribution in [0.25, 0.3) is 0 Å². The quantitative estimate of drug-likeness (QED) is 0.499. The molecule has 82 valence electrons. The van der Waals surface area contributed by atoms with Gasteiger partial charge in [0.05, 0.1) is 0 Å². The van der Waals surface area contributed by atoms with Crippen molar-refractivity contribution in [1.29, 1.82) is 0 Å². The summed E-state index contributed by atoms with van der Waals surface area (Å²) in [6.07, 6.45) is 11.7. The second-order valence-corrected chi connectivity index (χ2v) is 5.43. The minimum atomic E-state index is 0.633. The smallest absolute Gasteiger partial charge is 0.00544 e. The normalized spacial score (nSPS) is 24.5. The Hall–Kier alpha value is 0.0900. The summed E-state index contributed by atoms with van der Waals surface area (Å²) in [6.45, 7) is 4.65. The third kappa shape index (κ3) is 4.54. The van der Waals surface area contributed by atoms with Gasteiger partial charge in [0.25, 0.3) is 0 Å². The molecule has 0 spiro atoms. The summed E-state index contributed by atoms with van der Waals surface area (Å²) >= 11 is 4.50. The lowest BCUT2D eigenvalue weighted by molar-refractivity contribution is 0.490. The highest BCUT2D eigenvalue weighted by Crippen LogP contribution is 2.26. The Morgan fingerprint density at radius 1 is 1.57 bits per heavy atom. The van der Waals surface area contributed by atoms with Gasteiger partial charge in [-0.3, -0.25) is 0 Å². The molecule has 2 unspecified atom stereocenters. The highest BCUT2D eigenvalue weighted by atomic mass is 32.1. The first-order valence-electron chi connectivity index (χ1n) is 6.08. The molecule has 2 atom stereocenters. The minimum Gasteiger partial charge on any atom is -0.176 e. The van der Waals surface area contributed by atoms with Gasteiger partial charge in [-0.25, -0.2) is 0 Å². The van der Waals surface area contributed by atoms with E-state index in [0.717, 1.165) is 5.92 Å². The van der Waals surface area contributed by atoms with E-state index in [2.05, 4.69) is 32.6 Å². The maximum atomic E-state index is 4.50. The van der Waals surface area contributed by atoms with Crippen LogP contribution in [0.4, 0.5) is 0 Å². The summed E-state index contributed by atoms with van der Waals surface area (Å²) in [5, 5.41) is 0.633. The van der Waals surface area contributed by atoms with Gasteiger partial charge in [0.1, 0.15) is 0 Å². The molecule has 0 saturated heterocycles. The van der Waals surface area contributed by atoms with E-state index in [0.29, 0.717) is 5.25 Å². The predicted octanol–water partition coefficient (Wildman–Crippen LogP) is 4.61. The van der Waals surface area contributed by atoms with Gasteiger partial charge in [0.15, 0.2) is 0 Å². The minimum absolute atomic E-state index is 0.633. The zero-order chi connectivity index (χ0) is 10.4. The molecule has 1 heteroatoms. The highest BCUT2D eigenvalue weighted by molar-refractivity contribution is 7.80. The van der Waals surface area contributed by atoms with Crippen LogP contribution in [0.15, 0.2) is 11.6 Å². The summed E-state index contributed by atoms with van der Waals surface area (Å²) in [6, 6.07) is 0. The van der Waals surface area contributed by atoms with Crippen LogP contribution >= 0.6 is 12.6 Å². The summed E-state index contributed by atoms with van der Waals surface area (Å²) < 4.78 is 0. The number of allylic oxidation sites excluding steroid dienone is 2. The van der Waals surface area contributed by atoms with E-state index in [1.807, 2.05) is 0 Å². The van der Waals surface area contributed by atoms with Gasteiger partial charge in [-0.1, -0.05) is 38.3 Å². The van der Waals surface area contributed by atoms with Crippen molar-refractivity contribution in [2.75, 3.05) is 0 Å². The van der Waals surface area contributed by atoms with Crippen LogP contribution in [-0.4, -0.2) is 5.25 Å². The van der Waals surface area contributed by atoms with Crippen molar-refractivity contribution in [3.8, 4) is 0 Å². The van der Waals surface area contributed by atoms with E-state index in [1.54, 1.807) is 5.57 Å². The third-order valence-corrected chi connectivity index (χ3v) is 3.84. The molecule has 1 rings (SSSR count). The van der Waals surface area contributed by atoms with Gasteiger partial charge >= 0.3 is 0 Å². The lowest BCUT2D eigenvalue weighted by Crippen LogP contribution is -2.04. The van der Waals surface area contributed by atoms with Crippen LogP contribution < -0.4 is 0 Å². The number of hydrogen-bond acceptors (Lipinski definition) is 1. The number of thiol groups is 1. The second kappa shape index (κ2) is 6.55. The van der Waals surface area contributed by atoms with Gasteiger partial charge in [0, 0.05) is 5.25 Å². The Morgan fingerprint density at radius 3 is 2.93 bits per heavy atom. The van der Waals surface area contributed by atoms with Crippen LogP contribution in [-0.2, 0) is 0 Å². The molecule has 0 N–H and O–H groups in total. The zero-order valence-corrected chi connectivity index (χ0v) is 10.5. The van der Waals surface area contributed by atoms with Gasteiger partial charge < -0.3 is 0 Å². The number of hydrogen-bond donors (Lipinski definition) is 1. The standard InChI is InChI=1S/C13H24S/c1-3-11(2)5-4-6-12-7-9-13(14)10-8-12/h7,11,13-14H,3-6,8-10H2,1-2H3. The largest absolute Gasteiger partial charge is 0.176 e. The molecule has 0 saturated carbocycles. The Morgan fingerprint density at radius 2 is 2.36 bits per heavy atom. The fourth-order valence-electron chi connectivity index (χ4n) is 1.98. The van der Waals surface area contributed by atoms with Crippen LogP contribution in [0.5, 0.6) is 0 Å². The molecule has 0 heterocycles. The first-order chi connectivity index (χ1) is 6.72. The first-order valence-corrected chi connectivity index (χ1v) is 6.60. The van der Waals surface area contributed by atoms with E-state index in [1.165, 1.54) is 44.9 Å². The Bertz CT molecular complexity index is 184. The maximum absolute atomic E-state index is 4.50. The van der Waals surface area contributed by atoms with Crippen molar-refractivity contribution >= 4 is 12.6 Å². The monoisotopic (exact) mass is 212 g/mol. The summed E-state index contributed by atoms with van der Waals surface area (Å²) in [5.74, 6) is 0.914. The van der Waals surface area contributed by atoms with Crippen molar-refractivity contribution in [2.45, 2.75) is 64.0 Å². The molecular weight excluding hydrogens is 188 g/mol. The summed E-state index contributed by atoms with van der Waals surface area (Å²) in [7, 11) is 0. The molecule has 1 aliphatic carbocycles. The third-order valence-electron chi connectivity index (χ3n) is 3.37. The Labute approximate surface area is 94.6 Å².